The molecule has 0 unspecified atom stereocenters. The third-order valence-corrected chi connectivity index (χ3v) is 8.43. The number of aliphatic hydroxyl groups is 1. The minimum absolute atomic E-state index is 0.00911. The SMILES string of the molecule is CCOc1c(CC(N)=O)cc([C@@](O)(CNC(=O)c2cc(OC)c3nn(C4CC4)cc3c2)c2ccnn2C)nc1-c1cc(Cl)c(F)cc1F. The number of halogens is 3. The van der Waals surface area contributed by atoms with Crippen molar-refractivity contribution < 1.29 is 33.0 Å². The first-order valence-corrected chi connectivity index (χ1v) is 15.5. The number of pyridine rings is 1. The van der Waals surface area contributed by atoms with Crippen molar-refractivity contribution in [1.29, 1.82) is 0 Å². The summed E-state index contributed by atoms with van der Waals surface area (Å²) in [7, 11) is 3.07. The number of benzene rings is 2. The molecule has 1 atom stereocenters. The molecule has 2 amide bonds. The normalized spacial score (nSPS) is 14.1. The van der Waals surface area contributed by atoms with Crippen LogP contribution in [0.4, 0.5) is 8.78 Å². The molecular formula is C33H32ClF2N7O5. The Morgan fingerprint density at radius 3 is 2.60 bits per heavy atom. The first-order valence-electron chi connectivity index (χ1n) is 15.1. The summed E-state index contributed by atoms with van der Waals surface area (Å²) in [5, 5.41) is 24.4. The fraction of sp³-hybridized carbons (Fsp3) is 0.303. The minimum atomic E-state index is -2.11. The number of nitrogens with two attached hydrogens (primary N) is 1. The van der Waals surface area contributed by atoms with Crippen LogP contribution in [0.1, 0.15) is 53.1 Å². The summed E-state index contributed by atoms with van der Waals surface area (Å²) in [6.07, 6.45) is 4.98. The lowest BCUT2D eigenvalue weighted by molar-refractivity contribution is -0.117. The number of primary amides is 1. The lowest BCUT2D eigenvalue weighted by Crippen LogP contribution is -2.43. The number of aromatic nitrogens is 5. The monoisotopic (exact) mass is 679 g/mol. The molecule has 250 valence electrons. The van der Waals surface area contributed by atoms with Gasteiger partial charge in [-0.2, -0.15) is 10.2 Å². The molecule has 1 aliphatic rings. The van der Waals surface area contributed by atoms with Gasteiger partial charge in [-0.15, -0.1) is 0 Å². The molecule has 0 radical (unpaired) electrons. The van der Waals surface area contributed by atoms with Crippen LogP contribution in [0.5, 0.6) is 11.5 Å². The third-order valence-electron chi connectivity index (χ3n) is 8.14. The van der Waals surface area contributed by atoms with E-state index in [0.29, 0.717) is 28.8 Å². The second-order valence-corrected chi connectivity index (χ2v) is 11.9. The van der Waals surface area contributed by atoms with Crippen molar-refractivity contribution in [3.8, 4) is 22.8 Å². The van der Waals surface area contributed by atoms with Crippen LogP contribution in [0.3, 0.4) is 0 Å². The largest absolute Gasteiger partial charge is 0.494 e. The Labute approximate surface area is 278 Å². The van der Waals surface area contributed by atoms with Gasteiger partial charge < -0.3 is 25.6 Å². The van der Waals surface area contributed by atoms with Gasteiger partial charge in [-0.1, -0.05) is 11.6 Å². The van der Waals surface area contributed by atoms with Gasteiger partial charge in [0.15, 0.2) is 5.60 Å². The highest BCUT2D eigenvalue weighted by Crippen LogP contribution is 2.40. The average molecular weight is 680 g/mol. The maximum Gasteiger partial charge on any atom is 0.251 e. The van der Waals surface area contributed by atoms with Gasteiger partial charge in [0.25, 0.3) is 5.91 Å². The summed E-state index contributed by atoms with van der Waals surface area (Å²) in [5.41, 5.74) is 4.16. The van der Waals surface area contributed by atoms with E-state index in [-0.39, 0.29) is 57.6 Å². The molecule has 15 heteroatoms. The molecule has 0 aliphatic heterocycles. The van der Waals surface area contributed by atoms with Crippen LogP contribution in [-0.4, -0.2) is 61.7 Å². The van der Waals surface area contributed by atoms with E-state index in [9.17, 15) is 19.1 Å². The maximum absolute atomic E-state index is 15.3. The van der Waals surface area contributed by atoms with Gasteiger partial charge in [0, 0.05) is 47.6 Å². The lowest BCUT2D eigenvalue weighted by atomic mass is 9.91. The van der Waals surface area contributed by atoms with Crippen molar-refractivity contribution in [3.05, 3.63) is 88.0 Å². The number of rotatable bonds is 12. The Morgan fingerprint density at radius 1 is 1.19 bits per heavy atom. The van der Waals surface area contributed by atoms with Gasteiger partial charge in [0.2, 0.25) is 5.91 Å². The Bertz CT molecular complexity index is 2060. The number of methoxy groups -OCH3 is 1. The molecule has 1 fully saturated rings. The second kappa shape index (κ2) is 12.8. The van der Waals surface area contributed by atoms with Gasteiger partial charge in [-0.25, -0.2) is 13.8 Å². The van der Waals surface area contributed by atoms with Crippen molar-refractivity contribution in [2.24, 2.45) is 12.8 Å². The fourth-order valence-electron chi connectivity index (χ4n) is 5.65. The predicted molar refractivity (Wildman–Crippen MR) is 172 cm³/mol. The van der Waals surface area contributed by atoms with Crippen LogP contribution in [0.25, 0.3) is 22.2 Å². The zero-order chi connectivity index (χ0) is 34.3. The molecule has 2 aromatic carbocycles. The second-order valence-electron chi connectivity index (χ2n) is 11.5. The number of carbonyl (C=O) groups excluding carboxylic acids is 2. The number of ether oxygens (including phenoxy) is 2. The number of amides is 2. The van der Waals surface area contributed by atoms with Crippen molar-refractivity contribution in [2.75, 3.05) is 20.3 Å². The van der Waals surface area contributed by atoms with Gasteiger partial charge in [-0.3, -0.25) is 19.0 Å². The van der Waals surface area contributed by atoms with Crippen LogP contribution in [0, 0.1) is 11.6 Å². The Balaban J connectivity index is 1.46. The molecule has 1 saturated carbocycles. The maximum atomic E-state index is 15.3. The van der Waals surface area contributed by atoms with E-state index in [1.807, 2.05) is 10.9 Å². The van der Waals surface area contributed by atoms with E-state index in [1.54, 1.807) is 26.1 Å². The molecule has 12 nitrogen and oxygen atoms in total. The minimum Gasteiger partial charge on any atom is -0.494 e. The Morgan fingerprint density at radius 2 is 1.96 bits per heavy atom. The molecule has 6 rings (SSSR count). The first-order chi connectivity index (χ1) is 22.9. The molecule has 48 heavy (non-hydrogen) atoms. The molecule has 1 aliphatic carbocycles. The van der Waals surface area contributed by atoms with E-state index >= 15 is 4.39 Å². The van der Waals surface area contributed by atoms with Gasteiger partial charge in [0.1, 0.15) is 34.3 Å². The van der Waals surface area contributed by atoms with Gasteiger partial charge in [-0.05, 0) is 50.1 Å². The van der Waals surface area contributed by atoms with E-state index in [0.717, 1.165) is 18.9 Å². The van der Waals surface area contributed by atoms with E-state index in [4.69, 9.17) is 26.8 Å². The summed E-state index contributed by atoms with van der Waals surface area (Å²) >= 11 is 6.03. The average Bonchev–Trinajstić information content (AvgIpc) is 3.66. The molecule has 0 bridgehead atoms. The molecule has 5 aromatic rings. The standard InChI is InChI=1S/C33H32ClF2N7O5/c1-4-48-31-17(12-28(37)44)11-26(40-30(31)21-13-22(34)24(36)14-23(21)35)33(46,27-7-8-39-42(27)2)16-38-32(45)18-9-19-15-43(20-5-6-20)41-29(19)25(10-18)47-3/h7-11,13-15,20,46H,4-6,12,16H2,1-3H3,(H2,37,44)(H,38,45)/t33-/m0/s1. The topological polar surface area (TPSA) is 159 Å². The highest BCUT2D eigenvalue weighted by atomic mass is 35.5. The number of aryl methyl sites for hydroxylation is 1. The molecule has 3 heterocycles. The molecule has 4 N–H and O–H groups in total. The number of nitrogens with zero attached hydrogens (tertiary/aromatic N) is 5. The van der Waals surface area contributed by atoms with Crippen molar-refractivity contribution in [3.63, 3.8) is 0 Å². The highest BCUT2D eigenvalue weighted by molar-refractivity contribution is 6.31. The van der Waals surface area contributed by atoms with E-state index in [1.165, 1.54) is 30.1 Å². The Kier molecular flexibility index (Phi) is 8.79. The molecule has 0 saturated heterocycles. The van der Waals surface area contributed by atoms with Crippen LogP contribution in [0.15, 0.2) is 48.8 Å². The summed E-state index contributed by atoms with van der Waals surface area (Å²) in [4.78, 5) is 30.5. The van der Waals surface area contributed by atoms with Crippen molar-refractivity contribution in [2.45, 2.75) is 37.8 Å². The van der Waals surface area contributed by atoms with Crippen molar-refractivity contribution in [1.82, 2.24) is 29.9 Å². The number of hydrogen-bond acceptors (Lipinski definition) is 8. The summed E-state index contributed by atoms with van der Waals surface area (Å²) in [6.45, 7) is 1.31. The smallest absolute Gasteiger partial charge is 0.251 e. The summed E-state index contributed by atoms with van der Waals surface area (Å²) in [6, 6.07) is 8.11. The molecule has 3 aromatic heterocycles. The molecular weight excluding hydrogens is 648 g/mol. The lowest BCUT2D eigenvalue weighted by Gasteiger charge is -2.30. The van der Waals surface area contributed by atoms with Crippen molar-refractivity contribution >= 4 is 34.3 Å². The Hall–Kier alpha value is -5.08. The zero-order valence-corrected chi connectivity index (χ0v) is 27.0. The number of fused-ring (bicyclic) bond motifs is 1. The van der Waals surface area contributed by atoms with Gasteiger partial charge >= 0.3 is 0 Å². The number of hydrogen-bond donors (Lipinski definition) is 3. The van der Waals surface area contributed by atoms with E-state index in [2.05, 4.69) is 20.5 Å². The van der Waals surface area contributed by atoms with E-state index < -0.39 is 35.6 Å². The van der Waals surface area contributed by atoms with Crippen LogP contribution in [-0.2, 0) is 23.9 Å². The number of nitrogens with one attached hydrogen (secondary N) is 1. The van der Waals surface area contributed by atoms with Crippen LogP contribution >= 0.6 is 11.6 Å². The molecule has 0 spiro atoms. The fourth-order valence-corrected chi connectivity index (χ4v) is 5.81. The van der Waals surface area contributed by atoms with Crippen LogP contribution < -0.4 is 20.5 Å². The summed E-state index contributed by atoms with van der Waals surface area (Å²) in [5.74, 6) is -2.90. The summed E-state index contributed by atoms with van der Waals surface area (Å²) < 4.78 is 44.1. The quantitative estimate of drug-likeness (QED) is 0.166. The number of carbonyl (C=O) groups is 2. The van der Waals surface area contributed by atoms with Gasteiger partial charge in [0.05, 0.1) is 49.1 Å². The first kappa shape index (κ1) is 32.8. The predicted octanol–water partition coefficient (Wildman–Crippen LogP) is 4.20. The third kappa shape index (κ3) is 6.16. The highest BCUT2D eigenvalue weighted by Gasteiger charge is 2.39. The van der Waals surface area contributed by atoms with Crippen LogP contribution in [0.2, 0.25) is 5.02 Å². The zero-order valence-electron chi connectivity index (χ0n) is 26.3.